The van der Waals surface area contributed by atoms with Crippen molar-refractivity contribution in [1.82, 2.24) is 5.32 Å². The molecule has 0 aliphatic carbocycles. The molecule has 3 N–H and O–H groups in total. The summed E-state index contributed by atoms with van der Waals surface area (Å²) in [6.45, 7) is 2.91. The fourth-order valence-electron chi connectivity index (χ4n) is 1.15. The second kappa shape index (κ2) is 5.80. The van der Waals surface area contributed by atoms with Gasteiger partial charge in [-0.25, -0.2) is 18.0 Å². The lowest BCUT2D eigenvalue weighted by atomic mass is 10.2. The van der Waals surface area contributed by atoms with Crippen LogP contribution in [0.5, 0.6) is 0 Å². The number of sulfone groups is 1. The van der Waals surface area contributed by atoms with Crippen LogP contribution in [0.15, 0.2) is 11.4 Å². The molecule has 0 aromatic carbocycles. The second-order valence-corrected chi connectivity index (χ2v) is 8.37. The summed E-state index contributed by atoms with van der Waals surface area (Å²) in [5.41, 5.74) is -0.00692. The fourth-order valence-corrected chi connectivity index (χ4v) is 2.25. The zero-order valence-corrected chi connectivity index (χ0v) is 12.9. The summed E-state index contributed by atoms with van der Waals surface area (Å²) < 4.78 is 21.9. The van der Waals surface area contributed by atoms with Crippen molar-refractivity contribution < 1.29 is 23.1 Å². The van der Waals surface area contributed by atoms with Gasteiger partial charge in [0.25, 0.3) is 0 Å². The molecule has 0 saturated heterocycles. The number of carbonyl (C=O) groups excluding carboxylic acids is 1. The van der Waals surface area contributed by atoms with Gasteiger partial charge < -0.3 is 10.4 Å². The Morgan fingerprint density at radius 1 is 1.40 bits per heavy atom. The third kappa shape index (κ3) is 3.94. The Morgan fingerprint density at radius 3 is 2.50 bits per heavy atom. The molecule has 1 rings (SSSR count). The topological polar surface area (TPSA) is 113 Å². The Bertz CT molecular complexity index is 619. The van der Waals surface area contributed by atoms with Crippen molar-refractivity contribution >= 4 is 38.2 Å². The van der Waals surface area contributed by atoms with E-state index in [1.54, 1.807) is 5.38 Å². The normalized spacial score (nSPS) is 11.9. The van der Waals surface area contributed by atoms with Gasteiger partial charge in [0.1, 0.15) is 5.00 Å². The molecule has 0 spiro atoms. The first-order chi connectivity index (χ1) is 9.04. The Hall–Kier alpha value is -1.61. The van der Waals surface area contributed by atoms with E-state index in [0.29, 0.717) is 0 Å². The minimum absolute atomic E-state index is 0.00692. The molecule has 2 amide bonds. The summed E-state index contributed by atoms with van der Waals surface area (Å²) in [5, 5.41) is 15.4. The Labute approximate surface area is 120 Å². The average molecular weight is 320 g/mol. The van der Waals surface area contributed by atoms with Crippen molar-refractivity contribution in [1.29, 1.82) is 0 Å². The molecule has 0 aliphatic rings. The van der Waals surface area contributed by atoms with Crippen molar-refractivity contribution in [2.45, 2.75) is 18.6 Å². The molecule has 0 fully saturated rings. The van der Waals surface area contributed by atoms with Gasteiger partial charge in [0.2, 0.25) is 0 Å². The summed E-state index contributed by atoms with van der Waals surface area (Å²) in [7, 11) is -3.32. The highest BCUT2D eigenvalue weighted by Gasteiger charge is 2.30. The van der Waals surface area contributed by atoms with Gasteiger partial charge >= 0.3 is 12.0 Å². The third-order valence-electron chi connectivity index (χ3n) is 2.80. The first-order valence-corrected chi connectivity index (χ1v) is 8.37. The zero-order valence-electron chi connectivity index (χ0n) is 11.3. The average Bonchev–Trinajstić information content (AvgIpc) is 2.73. The van der Waals surface area contributed by atoms with Crippen LogP contribution in [0.4, 0.5) is 9.80 Å². The number of thiophene rings is 1. The summed E-state index contributed by atoms with van der Waals surface area (Å²) >= 11 is 1.07. The Morgan fingerprint density at radius 2 is 2.00 bits per heavy atom. The monoisotopic (exact) mass is 320 g/mol. The Balaban J connectivity index is 2.66. The maximum absolute atomic E-state index is 11.7. The predicted molar refractivity (Wildman–Crippen MR) is 77.2 cm³/mol. The largest absolute Gasteiger partial charge is 0.478 e. The van der Waals surface area contributed by atoms with Crippen molar-refractivity contribution in [3.63, 3.8) is 0 Å². The molecule has 0 radical (unpaired) electrons. The smallest absolute Gasteiger partial charge is 0.338 e. The number of rotatable bonds is 5. The first kappa shape index (κ1) is 16.4. The van der Waals surface area contributed by atoms with Crippen molar-refractivity contribution in [3.8, 4) is 0 Å². The van der Waals surface area contributed by atoms with Gasteiger partial charge in [-0.2, -0.15) is 0 Å². The van der Waals surface area contributed by atoms with Crippen molar-refractivity contribution in [2.24, 2.45) is 0 Å². The van der Waals surface area contributed by atoms with Gasteiger partial charge in [-0.1, -0.05) is 0 Å². The lowest BCUT2D eigenvalue weighted by molar-refractivity contribution is 0.0698. The van der Waals surface area contributed by atoms with E-state index in [9.17, 15) is 18.0 Å². The number of anilines is 1. The summed E-state index contributed by atoms with van der Waals surface area (Å²) in [5.74, 6) is -1.14. The van der Waals surface area contributed by atoms with Crippen LogP contribution in [-0.2, 0) is 9.84 Å². The van der Waals surface area contributed by atoms with Gasteiger partial charge in [-0.15, -0.1) is 11.3 Å². The Kier molecular flexibility index (Phi) is 4.77. The summed E-state index contributed by atoms with van der Waals surface area (Å²) in [6, 6.07) is 0.731. The number of urea groups is 1. The van der Waals surface area contributed by atoms with Crippen LogP contribution in [0.25, 0.3) is 0 Å². The number of carboxylic acid groups (broad SMARTS) is 1. The molecule has 0 atom stereocenters. The zero-order chi connectivity index (χ0) is 15.6. The highest BCUT2D eigenvalue weighted by atomic mass is 32.2. The van der Waals surface area contributed by atoms with Crippen LogP contribution in [0.1, 0.15) is 24.2 Å². The number of nitrogens with one attached hydrogen (secondary N) is 2. The molecule has 0 saturated carbocycles. The van der Waals surface area contributed by atoms with Crippen molar-refractivity contribution in [3.05, 3.63) is 17.0 Å². The third-order valence-corrected chi connectivity index (χ3v) is 5.78. The number of aromatic carboxylic acids is 1. The minimum Gasteiger partial charge on any atom is -0.478 e. The minimum atomic E-state index is -3.32. The fraction of sp³-hybridized carbons (Fsp3) is 0.455. The van der Waals surface area contributed by atoms with Crippen LogP contribution >= 0.6 is 11.3 Å². The SMILES string of the molecule is CC(C)(CNC(=O)Nc1sccc1C(=O)O)S(C)(=O)=O. The number of carboxylic acids is 1. The summed E-state index contributed by atoms with van der Waals surface area (Å²) in [6.07, 6.45) is 1.09. The van der Waals surface area contributed by atoms with Gasteiger partial charge in [0, 0.05) is 12.8 Å². The maximum atomic E-state index is 11.7. The van der Waals surface area contributed by atoms with E-state index in [0.717, 1.165) is 17.6 Å². The van der Waals surface area contributed by atoms with E-state index in [4.69, 9.17) is 5.11 Å². The molecule has 0 aliphatic heterocycles. The molecular weight excluding hydrogens is 304 g/mol. The van der Waals surface area contributed by atoms with Gasteiger partial charge in [-0.05, 0) is 25.3 Å². The molecule has 112 valence electrons. The second-order valence-electron chi connectivity index (χ2n) is 4.81. The highest BCUT2D eigenvalue weighted by Crippen LogP contribution is 2.23. The van der Waals surface area contributed by atoms with Crippen LogP contribution < -0.4 is 10.6 Å². The van der Waals surface area contributed by atoms with E-state index >= 15 is 0 Å². The molecule has 1 heterocycles. The van der Waals surface area contributed by atoms with Gasteiger partial charge in [0.05, 0.1) is 10.3 Å². The van der Waals surface area contributed by atoms with E-state index in [-0.39, 0.29) is 17.1 Å². The lowest BCUT2D eigenvalue weighted by Crippen LogP contribution is -2.45. The van der Waals surface area contributed by atoms with Gasteiger partial charge in [-0.3, -0.25) is 5.32 Å². The molecule has 20 heavy (non-hydrogen) atoms. The number of hydrogen-bond acceptors (Lipinski definition) is 5. The maximum Gasteiger partial charge on any atom is 0.338 e. The van der Waals surface area contributed by atoms with Crippen LogP contribution in [-0.4, -0.2) is 43.1 Å². The van der Waals surface area contributed by atoms with Crippen molar-refractivity contribution in [2.75, 3.05) is 18.1 Å². The number of amides is 2. The molecule has 0 bridgehead atoms. The van der Waals surface area contributed by atoms with E-state index in [1.165, 1.54) is 19.9 Å². The van der Waals surface area contributed by atoms with Gasteiger partial charge in [0.15, 0.2) is 9.84 Å². The highest BCUT2D eigenvalue weighted by molar-refractivity contribution is 7.92. The van der Waals surface area contributed by atoms with E-state index in [1.807, 2.05) is 0 Å². The number of carbonyl (C=O) groups is 2. The number of hydrogen-bond donors (Lipinski definition) is 3. The quantitative estimate of drug-likeness (QED) is 0.759. The molecule has 7 nitrogen and oxygen atoms in total. The standard InChI is InChI=1S/C11H16N2O5S2/c1-11(2,20(3,17)18)6-12-10(16)13-8-7(9(14)15)4-5-19-8/h4-5H,6H2,1-3H3,(H,14,15)(H2,12,13,16). The van der Waals surface area contributed by atoms with E-state index in [2.05, 4.69) is 10.6 Å². The van der Waals surface area contributed by atoms with Crippen LogP contribution in [0.3, 0.4) is 0 Å². The van der Waals surface area contributed by atoms with E-state index < -0.39 is 26.6 Å². The lowest BCUT2D eigenvalue weighted by Gasteiger charge is -2.22. The summed E-state index contributed by atoms with van der Waals surface area (Å²) in [4.78, 5) is 22.5. The predicted octanol–water partition coefficient (Wildman–Crippen LogP) is 1.39. The molecule has 1 aromatic rings. The van der Waals surface area contributed by atoms with Crippen LogP contribution in [0.2, 0.25) is 0 Å². The molecule has 1 aromatic heterocycles. The molecular formula is C11H16N2O5S2. The first-order valence-electron chi connectivity index (χ1n) is 5.60. The van der Waals surface area contributed by atoms with Crippen LogP contribution in [0, 0.1) is 0 Å². The molecule has 0 unspecified atom stereocenters. The molecule has 9 heteroatoms.